The molecule has 1 heterocycles. The van der Waals surface area contributed by atoms with E-state index in [0.717, 1.165) is 38.9 Å². The first kappa shape index (κ1) is 15.8. The summed E-state index contributed by atoms with van der Waals surface area (Å²) in [5.74, 6) is 0. The molecule has 3 nitrogen and oxygen atoms in total. The van der Waals surface area contributed by atoms with Crippen LogP contribution < -0.4 is 5.32 Å². The normalized spacial score (nSPS) is 26.5. The third-order valence-electron chi connectivity index (χ3n) is 5.03. The third-order valence-corrected chi connectivity index (χ3v) is 5.03. The van der Waals surface area contributed by atoms with Gasteiger partial charge in [-0.1, -0.05) is 13.8 Å². The van der Waals surface area contributed by atoms with Gasteiger partial charge in [0.2, 0.25) is 0 Å². The fourth-order valence-electron chi connectivity index (χ4n) is 3.74. The summed E-state index contributed by atoms with van der Waals surface area (Å²) in [5, 5.41) is 3.52. The minimum atomic E-state index is -0.0500. The number of ether oxygens (including phenoxy) is 2. The summed E-state index contributed by atoms with van der Waals surface area (Å²) in [6.45, 7) is 8.50. The molecule has 3 heteroatoms. The molecule has 2 aliphatic rings. The van der Waals surface area contributed by atoms with Crippen molar-refractivity contribution in [3.05, 3.63) is 11.8 Å². The van der Waals surface area contributed by atoms with E-state index in [4.69, 9.17) is 9.47 Å². The zero-order valence-electron chi connectivity index (χ0n) is 13.6. The van der Waals surface area contributed by atoms with Crippen LogP contribution in [0.5, 0.6) is 0 Å². The lowest BCUT2D eigenvalue weighted by Gasteiger charge is -2.48. The molecule has 2 rings (SSSR count). The molecule has 1 aliphatic carbocycles. The van der Waals surface area contributed by atoms with E-state index in [1.54, 1.807) is 0 Å². The van der Waals surface area contributed by atoms with Crippen molar-refractivity contribution in [3.8, 4) is 0 Å². The molecule has 0 radical (unpaired) electrons. The summed E-state index contributed by atoms with van der Waals surface area (Å²) in [4.78, 5) is 0. The van der Waals surface area contributed by atoms with Gasteiger partial charge in [-0.15, -0.1) is 0 Å². The number of hydrogen-bond acceptors (Lipinski definition) is 3. The van der Waals surface area contributed by atoms with Crippen LogP contribution in [-0.2, 0) is 9.47 Å². The minimum Gasteiger partial charge on any atom is -0.501 e. The Morgan fingerprint density at radius 1 is 1.30 bits per heavy atom. The van der Waals surface area contributed by atoms with Crippen LogP contribution in [0.3, 0.4) is 0 Å². The molecule has 0 saturated heterocycles. The van der Waals surface area contributed by atoms with E-state index in [1.165, 1.54) is 18.4 Å². The molecule has 0 aromatic rings. The lowest BCUT2D eigenvalue weighted by Crippen LogP contribution is -2.55. The summed E-state index contributed by atoms with van der Waals surface area (Å²) in [6, 6.07) is 0.291. The molecule has 1 fully saturated rings. The van der Waals surface area contributed by atoms with Crippen LogP contribution in [-0.4, -0.2) is 31.9 Å². The van der Waals surface area contributed by atoms with Crippen LogP contribution in [0, 0.1) is 5.41 Å². The second-order valence-corrected chi connectivity index (χ2v) is 7.05. The number of nitrogens with one attached hydrogen (secondary N) is 1. The lowest BCUT2D eigenvalue weighted by atomic mass is 9.67. The van der Waals surface area contributed by atoms with Gasteiger partial charge in [0.05, 0.1) is 24.5 Å². The van der Waals surface area contributed by atoms with Gasteiger partial charge in [0, 0.05) is 6.61 Å². The highest BCUT2D eigenvalue weighted by molar-refractivity contribution is 5.18. The van der Waals surface area contributed by atoms with Crippen molar-refractivity contribution in [1.82, 2.24) is 5.32 Å². The van der Waals surface area contributed by atoms with Crippen molar-refractivity contribution in [2.75, 3.05) is 20.3 Å². The molecular weight excluding hydrogens is 250 g/mol. The maximum atomic E-state index is 6.31. The van der Waals surface area contributed by atoms with Gasteiger partial charge in [-0.05, 0) is 63.5 Å². The maximum absolute atomic E-state index is 6.31. The molecule has 0 aromatic heterocycles. The topological polar surface area (TPSA) is 30.5 Å². The summed E-state index contributed by atoms with van der Waals surface area (Å²) in [6.07, 6.45) is 8.97. The fourth-order valence-corrected chi connectivity index (χ4v) is 3.74. The number of rotatable bonds is 5. The molecule has 20 heavy (non-hydrogen) atoms. The smallest absolute Gasteiger partial charge is 0.0876 e. The van der Waals surface area contributed by atoms with Gasteiger partial charge in [0.15, 0.2) is 0 Å². The first-order valence-electron chi connectivity index (χ1n) is 8.15. The van der Waals surface area contributed by atoms with Crippen molar-refractivity contribution in [1.29, 1.82) is 0 Å². The van der Waals surface area contributed by atoms with E-state index in [0.29, 0.717) is 11.5 Å². The average molecular weight is 281 g/mol. The van der Waals surface area contributed by atoms with E-state index in [9.17, 15) is 0 Å². The summed E-state index contributed by atoms with van der Waals surface area (Å²) in [7, 11) is 2.06. The van der Waals surface area contributed by atoms with Crippen molar-refractivity contribution in [3.63, 3.8) is 0 Å². The first-order chi connectivity index (χ1) is 9.53. The minimum absolute atomic E-state index is 0.0500. The van der Waals surface area contributed by atoms with Gasteiger partial charge in [-0.25, -0.2) is 0 Å². The van der Waals surface area contributed by atoms with Crippen LogP contribution in [0.15, 0.2) is 11.8 Å². The summed E-state index contributed by atoms with van der Waals surface area (Å²) < 4.78 is 11.9. The Bertz CT molecular complexity index is 339. The van der Waals surface area contributed by atoms with Gasteiger partial charge in [-0.2, -0.15) is 0 Å². The van der Waals surface area contributed by atoms with Crippen LogP contribution in [0.2, 0.25) is 0 Å². The number of hydrogen-bond donors (Lipinski definition) is 1. The van der Waals surface area contributed by atoms with Crippen LogP contribution in [0.4, 0.5) is 0 Å². The predicted octanol–water partition coefficient (Wildman–Crippen LogP) is 3.64. The molecule has 1 saturated carbocycles. The summed E-state index contributed by atoms with van der Waals surface area (Å²) >= 11 is 0. The van der Waals surface area contributed by atoms with E-state index in [2.05, 4.69) is 33.1 Å². The maximum Gasteiger partial charge on any atom is 0.0876 e. The van der Waals surface area contributed by atoms with Gasteiger partial charge in [0.25, 0.3) is 0 Å². The average Bonchev–Trinajstić information content (AvgIpc) is 2.44. The van der Waals surface area contributed by atoms with Crippen molar-refractivity contribution < 1.29 is 9.47 Å². The molecule has 1 atom stereocenters. The molecule has 0 amide bonds. The SMILES string of the molecule is CCOC1(C(NC)C2=COCCC2)CCC(C)(C)CC1. The standard InChI is InChI=1S/C17H31NO2/c1-5-20-17(10-8-16(2,3)9-11-17)15(18-4)14-7-6-12-19-13-14/h13,15,18H,5-12H2,1-4H3. The molecular formula is C17H31NO2. The zero-order chi connectivity index (χ0) is 14.6. The monoisotopic (exact) mass is 281 g/mol. The van der Waals surface area contributed by atoms with Crippen LogP contribution >= 0.6 is 0 Å². The van der Waals surface area contributed by atoms with Gasteiger partial charge in [0.1, 0.15) is 0 Å². The van der Waals surface area contributed by atoms with E-state index in [-0.39, 0.29) is 5.60 Å². The molecule has 0 bridgehead atoms. The van der Waals surface area contributed by atoms with Crippen molar-refractivity contribution in [2.24, 2.45) is 5.41 Å². The van der Waals surface area contributed by atoms with Crippen molar-refractivity contribution in [2.45, 2.75) is 70.9 Å². The Morgan fingerprint density at radius 3 is 2.50 bits per heavy atom. The lowest BCUT2D eigenvalue weighted by molar-refractivity contribution is -0.0990. The largest absolute Gasteiger partial charge is 0.501 e. The highest BCUT2D eigenvalue weighted by Gasteiger charge is 2.45. The third kappa shape index (κ3) is 3.37. The van der Waals surface area contributed by atoms with Gasteiger partial charge >= 0.3 is 0 Å². The number of likely N-dealkylation sites (N-methyl/N-ethyl adjacent to an activating group) is 1. The Hall–Kier alpha value is -0.540. The van der Waals surface area contributed by atoms with Gasteiger partial charge < -0.3 is 14.8 Å². The molecule has 0 aromatic carbocycles. The van der Waals surface area contributed by atoms with E-state index < -0.39 is 0 Å². The Morgan fingerprint density at radius 2 is 2.00 bits per heavy atom. The predicted molar refractivity (Wildman–Crippen MR) is 82.7 cm³/mol. The van der Waals surface area contributed by atoms with E-state index in [1.807, 2.05) is 6.26 Å². The van der Waals surface area contributed by atoms with Crippen molar-refractivity contribution >= 4 is 0 Å². The Labute approximate surface area is 124 Å². The molecule has 1 unspecified atom stereocenters. The molecule has 1 aliphatic heterocycles. The quantitative estimate of drug-likeness (QED) is 0.834. The zero-order valence-corrected chi connectivity index (χ0v) is 13.6. The van der Waals surface area contributed by atoms with E-state index >= 15 is 0 Å². The second-order valence-electron chi connectivity index (χ2n) is 7.05. The highest BCUT2D eigenvalue weighted by atomic mass is 16.5. The van der Waals surface area contributed by atoms with Crippen LogP contribution in [0.25, 0.3) is 0 Å². The first-order valence-corrected chi connectivity index (χ1v) is 8.15. The second kappa shape index (κ2) is 6.48. The highest BCUT2D eigenvalue weighted by Crippen LogP contribution is 2.45. The Kier molecular flexibility index (Phi) is 5.14. The Balaban J connectivity index is 2.19. The fraction of sp³-hybridized carbons (Fsp3) is 0.882. The molecule has 1 N–H and O–H groups in total. The molecule has 116 valence electrons. The van der Waals surface area contributed by atoms with Gasteiger partial charge in [-0.3, -0.25) is 0 Å². The van der Waals surface area contributed by atoms with Crippen LogP contribution in [0.1, 0.15) is 59.3 Å². The summed E-state index contributed by atoms with van der Waals surface area (Å²) in [5.41, 5.74) is 1.79. The molecule has 0 spiro atoms.